The molecule has 40 heavy (non-hydrogen) atoms. The standard InChI is InChI=1S/C32H53F5O3/c1-5-9-10-11-13-16-19-25(32(38-22-6-2,39-23-7-3)40-24-8-4)20-17-14-12-15-18-21-26-27(33)29(35)31(37)30(36)28(26)34/h25H,5-24H2,1-4H3. The highest BCUT2D eigenvalue weighted by Crippen LogP contribution is 2.35. The monoisotopic (exact) mass is 580 g/mol. The van der Waals surface area contributed by atoms with Crippen molar-refractivity contribution in [1.82, 2.24) is 0 Å². The summed E-state index contributed by atoms with van der Waals surface area (Å²) in [5.41, 5.74) is -0.727. The summed E-state index contributed by atoms with van der Waals surface area (Å²) in [6.07, 6.45) is 15.0. The number of hydrogen-bond donors (Lipinski definition) is 0. The van der Waals surface area contributed by atoms with Crippen LogP contribution in [0.3, 0.4) is 0 Å². The van der Waals surface area contributed by atoms with Gasteiger partial charge in [-0.1, -0.05) is 91.9 Å². The van der Waals surface area contributed by atoms with Crippen LogP contribution < -0.4 is 0 Å². The fraction of sp³-hybridized carbons (Fsp3) is 0.812. The van der Waals surface area contributed by atoms with Gasteiger partial charge >= 0.3 is 0 Å². The van der Waals surface area contributed by atoms with Crippen molar-refractivity contribution in [3.63, 3.8) is 0 Å². The van der Waals surface area contributed by atoms with Gasteiger partial charge in [0.2, 0.25) is 5.82 Å². The summed E-state index contributed by atoms with van der Waals surface area (Å²) in [7, 11) is 0. The molecule has 0 amide bonds. The van der Waals surface area contributed by atoms with E-state index >= 15 is 0 Å². The summed E-state index contributed by atoms with van der Waals surface area (Å²) in [5.74, 6) is -10.3. The molecule has 8 heteroatoms. The zero-order valence-corrected chi connectivity index (χ0v) is 25.3. The Morgan fingerprint density at radius 1 is 0.475 bits per heavy atom. The minimum atomic E-state index is -2.11. The van der Waals surface area contributed by atoms with Crippen LogP contribution in [0.15, 0.2) is 0 Å². The lowest BCUT2D eigenvalue weighted by molar-refractivity contribution is -0.406. The van der Waals surface area contributed by atoms with E-state index in [0.29, 0.717) is 32.7 Å². The Morgan fingerprint density at radius 2 is 0.850 bits per heavy atom. The summed E-state index contributed by atoms with van der Waals surface area (Å²) >= 11 is 0. The Hall–Kier alpha value is -1.25. The average molecular weight is 581 g/mol. The number of benzene rings is 1. The van der Waals surface area contributed by atoms with E-state index in [9.17, 15) is 22.0 Å². The Morgan fingerprint density at radius 3 is 1.27 bits per heavy atom. The molecule has 0 saturated heterocycles. The molecule has 0 saturated carbocycles. The third-order valence-corrected chi connectivity index (χ3v) is 7.21. The summed E-state index contributed by atoms with van der Waals surface area (Å²) in [4.78, 5) is 0. The second-order valence-corrected chi connectivity index (χ2v) is 10.8. The van der Waals surface area contributed by atoms with Gasteiger partial charge in [-0.05, 0) is 44.9 Å². The maximum Gasteiger partial charge on any atom is 0.285 e. The molecule has 1 unspecified atom stereocenters. The molecule has 0 radical (unpaired) electrons. The predicted octanol–water partition coefficient (Wildman–Crippen LogP) is 10.6. The van der Waals surface area contributed by atoms with E-state index in [1.54, 1.807) is 0 Å². The summed E-state index contributed by atoms with van der Waals surface area (Å²) in [6, 6.07) is 0. The van der Waals surface area contributed by atoms with Crippen molar-refractivity contribution in [3.05, 3.63) is 34.6 Å². The molecule has 0 heterocycles. The quantitative estimate of drug-likeness (QED) is 0.0379. The molecule has 0 bridgehead atoms. The average Bonchev–Trinajstić information content (AvgIpc) is 2.96. The van der Waals surface area contributed by atoms with Crippen molar-refractivity contribution in [3.8, 4) is 0 Å². The van der Waals surface area contributed by atoms with Gasteiger partial charge in [-0.3, -0.25) is 0 Å². The van der Waals surface area contributed by atoms with E-state index < -0.39 is 40.6 Å². The first kappa shape index (κ1) is 36.8. The van der Waals surface area contributed by atoms with Gasteiger partial charge < -0.3 is 14.2 Å². The highest BCUT2D eigenvalue weighted by molar-refractivity contribution is 5.24. The van der Waals surface area contributed by atoms with E-state index in [2.05, 4.69) is 27.7 Å². The van der Waals surface area contributed by atoms with Gasteiger partial charge in [-0.15, -0.1) is 0 Å². The highest BCUT2D eigenvalue weighted by atomic mass is 19.2. The lowest BCUT2D eigenvalue weighted by Gasteiger charge is -2.40. The molecule has 0 aliphatic rings. The Balaban J connectivity index is 2.75. The van der Waals surface area contributed by atoms with Crippen LogP contribution in [-0.2, 0) is 20.6 Å². The Kier molecular flexibility index (Phi) is 19.7. The van der Waals surface area contributed by atoms with Crippen LogP contribution in [0.5, 0.6) is 0 Å². The molecule has 1 atom stereocenters. The number of unbranched alkanes of at least 4 members (excludes halogenated alkanes) is 9. The third-order valence-electron chi connectivity index (χ3n) is 7.21. The van der Waals surface area contributed by atoms with Gasteiger partial charge in [0.15, 0.2) is 23.3 Å². The van der Waals surface area contributed by atoms with Gasteiger partial charge in [-0.2, -0.15) is 0 Å². The van der Waals surface area contributed by atoms with Crippen LogP contribution in [-0.4, -0.2) is 25.8 Å². The summed E-state index contributed by atoms with van der Waals surface area (Å²) < 4.78 is 87.0. The molecule has 0 fully saturated rings. The summed E-state index contributed by atoms with van der Waals surface area (Å²) in [5, 5.41) is 0. The molecule has 3 nitrogen and oxygen atoms in total. The second kappa shape index (κ2) is 21.5. The van der Waals surface area contributed by atoms with Crippen molar-refractivity contribution in [2.75, 3.05) is 19.8 Å². The van der Waals surface area contributed by atoms with E-state index in [1.165, 1.54) is 32.1 Å². The van der Waals surface area contributed by atoms with E-state index in [-0.39, 0.29) is 12.3 Å². The number of halogens is 5. The van der Waals surface area contributed by atoms with E-state index in [4.69, 9.17) is 14.2 Å². The van der Waals surface area contributed by atoms with E-state index in [1.807, 2.05) is 0 Å². The van der Waals surface area contributed by atoms with Crippen LogP contribution in [0, 0.1) is 35.0 Å². The van der Waals surface area contributed by atoms with Crippen LogP contribution in [0.4, 0.5) is 22.0 Å². The largest absolute Gasteiger partial charge is 0.327 e. The first-order valence-corrected chi connectivity index (χ1v) is 15.7. The number of hydrogen-bond acceptors (Lipinski definition) is 3. The fourth-order valence-electron chi connectivity index (χ4n) is 4.97. The minimum absolute atomic E-state index is 0.0803. The number of ether oxygens (including phenoxy) is 3. The fourth-order valence-corrected chi connectivity index (χ4v) is 4.97. The van der Waals surface area contributed by atoms with Crippen molar-refractivity contribution in [2.24, 2.45) is 5.92 Å². The van der Waals surface area contributed by atoms with Crippen molar-refractivity contribution >= 4 is 0 Å². The van der Waals surface area contributed by atoms with Crippen molar-refractivity contribution < 1.29 is 36.2 Å². The molecule has 1 rings (SSSR count). The smallest absolute Gasteiger partial charge is 0.285 e. The van der Waals surface area contributed by atoms with E-state index in [0.717, 1.165) is 57.8 Å². The predicted molar refractivity (Wildman–Crippen MR) is 151 cm³/mol. The molecule has 1 aromatic carbocycles. The van der Waals surface area contributed by atoms with Gasteiger partial charge in [0.1, 0.15) is 0 Å². The van der Waals surface area contributed by atoms with Gasteiger partial charge in [0.25, 0.3) is 5.97 Å². The molecule has 0 aliphatic heterocycles. The van der Waals surface area contributed by atoms with Gasteiger partial charge in [0.05, 0.1) is 19.8 Å². The molecule has 0 aromatic heterocycles. The maximum absolute atomic E-state index is 13.9. The normalized spacial score (nSPS) is 12.8. The van der Waals surface area contributed by atoms with Crippen LogP contribution in [0.2, 0.25) is 0 Å². The SMILES string of the molecule is CCCCCCCCC(CCCCCCCc1c(F)c(F)c(F)c(F)c1F)C(OCCC)(OCCC)OCCC. The lowest BCUT2D eigenvalue weighted by atomic mass is 9.91. The molecule has 1 aromatic rings. The topological polar surface area (TPSA) is 27.7 Å². The zero-order valence-electron chi connectivity index (χ0n) is 25.3. The lowest BCUT2D eigenvalue weighted by Crippen LogP contribution is -2.47. The minimum Gasteiger partial charge on any atom is -0.327 e. The van der Waals surface area contributed by atoms with Gasteiger partial charge in [-0.25, -0.2) is 22.0 Å². The van der Waals surface area contributed by atoms with Crippen LogP contribution in [0.1, 0.15) is 136 Å². The molecule has 0 aliphatic carbocycles. The number of rotatable bonds is 25. The van der Waals surface area contributed by atoms with Crippen LogP contribution >= 0.6 is 0 Å². The molecular weight excluding hydrogens is 527 g/mol. The Labute approximate surface area is 239 Å². The first-order chi connectivity index (χ1) is 19.3. The molecular formula is C32H53F5O3. The molecule has 234 valence electrons. The molecule has 0 spiro atoms. The molecule has 0 N–H and O–H groups in total. The third kappa shape index (κ3) is 12.3. The van der Waals surface area contributed by atoms with Crippen LogP contribution in [0.25, 0.3) is 0 Å². The highest BCUT2D eigenvalue weighted by Gasteiger charge is 2.42. The van der Waals surface area contributed by atoms with Gasteiger partial charge in [0, 0.05) is 11.5 Å². The maximum atomic E-state index is 13.9. The zero-order chi connectivity index (χ0) is 29.8. The van der Waals surface area contributed by atoms with Crippen molar-refractivity contribution in [2.45, 2.75) is 143 Å². The second-order valence-electron chi connectivity index (χ2n) is 10.8. The first-order valence-electron chi connectivity index (χ1n) is 15.7. The summed E-state index contributed by atoms with van der Waals surface area (Å²) in [6.45, 7) is 10.1. The van der Waals surface area contributed by atoms with Crippen molar-refractivity contribution in [1.29, 1.82) is 0 Å². The Bertz CT molecular complexity index is 754.